The number of alkyl carbamates (subject to hydrolysis) is 1. The van der Waals surface area contributed by atoms with Gasteiger partial charge in [0.1, 0.15) is 12.2 Å². The molecule has 1 saturated carbocycles. The number of likely N-dealkylation sites (tertiary alicyclic amines) is 1. The van der Waals surface area contributed by atoms with Crippen LogP contribution in [0, 0.1) is 11.8 Å². The van der Waals surface area contributed by atoms with Crippen molar-refractivity contribution in [3.63, 3.8) is 0 Å². The van der Waals surface area contributed by atoms with Crippen molar-refractivity contribution in [2.75, 3.05) is 13.2 Å². The molecule has 2 N–H and O–H groups in total. The highest BCUT2D eigenvalue weighted by atomic mass is 16.6. The monoisotopic (exact) mass is 520 g/mol. The number of rotatable bonds is 4. The Bertz CT molecular complexity index is 1180. The number of aliphatic carboxylic acids is 1. The van der Waals surface area contributed by atoms with Crippen molar-refractivity contribution in [3.8, 4) is 11.1 Å². The third-order valence-electron chi connectivity index (χ3n) is 8.02. The molecule has 3 aliphatic rings. The van der Waals surface area contributed by atoms with E-state index in [1.807, 2.05) is 24.3 Å². The summed E-state index contributed by atoms with van der Waals surface area (Å²) in [4.78, 5) is 39.6. The molecule has 5 rings (SSSR count). The number of carbonyl (C=O) groups is 3. The molecule has 1 aliphatic heterocycles. The van der Waals surface area contributed by atoms with Gasteiger partial charge in [-0.15, -0.1) is 0 Å². The van der Waals surface area contributed by atoms with Gasteiger partial charge in [0.15, 0.2) is 0 Å². The van der Waals surface area contributed by atoms with Gasteiger partial charge in [0.2, 0.25) is 0 Å². The van der Waals surface area contributed by atoms with Gasteiger partial charge < -0.3 is 24.8 Å². The van der Waals surface area contributed by atoms with E-state index < -0.39 is 29.7 Å². The minimum atomic E-state index is -0.942. The number of nitrogens with zero attached hydrogens (tertiary/aromatic N) is 1. The Labute approximate surface area is 223 Å². The standard InChI is InChI=1S/C30H36N2O6/c1-30(2,3)38-29(36)32-16-18(27(33)34)15-23-25(13-8-14-26(23)32)31-28(35)37-17-24-21-11-6-4-9-19(21)20-10-5-7-12-22(20)24/h4-7,9-12,18,23-26H,8,13-17H2,1-3H3,(H,31,35)(H,33,34). The number of carboxylic acid groups (broad SMARTS) is 1. The number of ether oxygens (including phenoxy) is 2. The van der Waals surface area contributed by atoms with Crippen molar-refractivity contribution < 1.29 is 29.0 Å². The summed E-state index contributed by atoms with van der Waals surface area (Å²) in [5.74, 6) is -1.89. The fourth-order valence-corrected chi connectivity index (χ4v) is 6.41. The van der Waals surface area contributed by atoms with Gasteiger partial charge in [-0.2, -0.15) is 0 Å². The van der Waals surface area contributed by atoms with Gasteiger partial charge in [-0.1, -0.05) is 48.5 Å². The van der Waals surface area contributed by atoms with Crippen molar-refractivity contribution in [3.05, 3.63) is 59.7 Å². The first-order valence-electron chi connectivity index (χ1n) is 13.5. The van der Waals surface area contributed by atoms with Crippen LogP contribution in [-0.2, 0) is 14.3 Å². The van der Waals surface area contributed by atoms with Crippen LogP contribution in [0.15, 0.2) is 48.5 Å². The van der Waals surface area contributed by atoms with Crippen molar-refractivity contribution >= 4 is 18.2 Å². The van der Waals surface area contributed by atoms with E-state index in [2.05, 4.69) is 29.6 Å². The zero-order valence-electron chi connectivity index (χ0n) is 22.2. The van der Waals surface area contributed by atoms with E-state index in [1.165, 1.54) is 0 Å². The molecule has 0 bridgehead atoms. The number of carboxylic acids is 1. The molecule has 4 atom stereocenters. The number of nitrogens with one attached hydrogen (secondary N) is 1. The maximum Gasteiger partial charge on any atom is 0.410 e. The lowest BCUT2D eigenvalue weighted by Crippen LogP contribution is -2.60. The van der Waals surface area contributed by atoms with Gasteiger partial charge in [0.05, 0.1) is 5.92 Å². The van der Waals surface area contributed by atoms with Gasteiger partial charge in [0.25, 0.3) is 0 Å². The predicted molar refractivity (Wildman–Crippen MR) is 142 cm³/mol. The van der Waals surface area contributed by atoms with E-state index in [0.29, 0.717) is 12.8 Å². The number of benzene rings is 2. The number of fused-ring (bicyclic) bond motifs is 4. The molecule has 2 aliphatic carbocycles. The van der Waals surface area contributed by atoms with Gasteiger partial charge in [0, 0.05) is 30.5 Å². The Hall–Kier alpha value is -3.55. The Morgan fingerprint density at radius 1 is 1.00 bits per heavy atom. The molecule has 2 amide bonds. The first-order valence-corrected chi connectivity index (χ1v) is 13.5. The van der Waals surface area contributed by atoms with Gasteiger partial charge in [-0.05, 0) is 68.7 Å². The van der Waals surface area contributed by atoms with Crippen LogP contribution in [0.5, 0.6) is 0 Å². The van der Waals surface area contributed by atoms with Crippen LogP contribution in [0.3, 0.4) is 0 Å². The van der Waals surface area contributed by atoms with Crippen LogP contribution in [-0.4, -0.2) is 59.0 Å². The molecule has 8 heteroatoms. The molecule has 2 aromatic rings. The number of amides is 2. The molecule has 0 spiro atoms. The second-order valence-electron chi connectivity index (χ2n) is 11.6. The van der Waals surface area contributed by atoms with Crippen molar-refractivity contribution in [1.82, 2.24) is 10.2 Å². The van der Waals surface area contributed by atoms with Crippen LogP contribution in [0.2, 0.25) is 0 Å². The third kappa shape index (κ3) is 5.22. The summed E-state index contributed by atoms with van der Waals surface area (Å²) >= 11 is 0. The van der Waals surface area contributed by atoms with E-state index >= 15 is 0 Å². The molecule has 202 valence electrons. The molecular formula is C30H36N2O6. The smallest absolute Gasteiger partial charge is 0.410 e. The zero-order chi connectivity index (χ0) is 27.0. The molecule has 0 aromatic heterocycles. The second kappa shape index (κ2) is 10.3. The fourth-order valence-electron chi connectivity index (χ4n) is 6.41. The Balaban J connectivity index is 1.28. The minimum Gasteiger partial charge on any atom is -0.481 e. The first-order chi connectivity index (χ1) is 18.1. The quantitative estimate of drug-likeness (QED) is 0.559. The van der Waals surface area contributed by atoms with Crippen LogP contribution in [0.4, 0.5) is 9.59 Å². The fraction of sp³-hybridized carbons (Fsp3) is 0.500. The van der Waals surface area contributed by atoms with E-state index in [0.717, 1.165) is 35.1 Å². The van der Waals surface area contributed by atoms with E-state index in [9.17, 15) is 19.5 Å². The summed E-state index contributed by atoms with van der Waals surface area (Å²) in [6.07, 6.45) is 1.65. The van der Waals surface area contributed by atoms with Crippen molar-refractivity contribution in [1.29, 1.82) is 0 Å². The minimum absolute atomic E-state index is 0.0408. The normalized spacial score (nSPS) is 24.6. The third-order valence-corrected chi connectivity index (χ3v) is 8.02. The molecule has 4 unspecified atom stereocenters. The summed E-state index contributed by atoms with van der Waals surface area (Å²) in [5.41, 5.74) is 3.93. The lowest BCUT2D eigenvalue weighted by molar-refractivity contribution is -0.145. The molecule has 1 heterocycles. The highest BCUT2D eigenvalue weighted by molar-refractivity contribution is 5.79. The van der Waals surface area contributed by atoms with Gasteiger partial charge in [-0.3, -0.25) is 4.79 Å². The molecule has 2 aromatic carbocycles. The van der Waals surface area contributed by atoms with Crippen LogP contribution < -0.4 is 5.32 Å². The predicted octanol–water partition coefficient (Wildman–Crippen LogP) is 5.40. The lowest BCUT2D eigenvalue weighted by atomic mass is 9.72. The summed E-state index contributed by atoms with van der Waals surface area (Å²) in [6, 6.07) is 15.9. The SMILES string of the molecule is CC(C)(C)OC(=O)N1CC(C(=O)O)CC2C(NC(=O)OCC3c4ccccc4-c4ccccc43)CCCC21. The van der Waals surface area contributed by atoms with Crippen LogP contribution in [0.25, 0.3) is 11.1 Å². The van der Waals surface area contributed by atoms with Crippen LogP contribution in [0.1, 0.15) is 63.5 Å². The van der Waals surface area contributed by atoms with Gasteiger partial charge in [-0.25, -0.2) is 9.59 Å². The second-order valence-corrected chi connectivity index (χ2v) is 11.6. The maximum atomic E-state index is 13.0. The number of carbonyl (C=O) groups excluding carboxylic acids is 2. The highest BCUT2D eigenvalue weighted by Crippen LogP contribution is 2.44. The summed E-state index contributed by atoms with van der Waals surface area (Å²) < 4.78 is 11.4. The first kappa shape index (κ1) is 26.1. The van der Waals surface area contributed by atoms with Gasteiger partial charge >= 0.3 is 18.2 Å². The number of hydrogen-bond donors (Lipinski definition) is 2. The summed E-state index contributed by atoms with van der Waals surface area (Å²) in [7, 11) is 0. The lowest BCUT2D eigenvalue weighted by Gasteiger charge is -2.49. The summed E-state index contributed by atoms with van der Waals surface area (Å²) in [5, 5.41) is 12.8. The van der Waals surface area contributed by atoms with Crippen LogP contribution >= 0.6 is 0 Å². The molecule has 0 radical (unpaired) electrons. The highest BCUT2D eigenvalue weighted by Gasteiger charge is 2.47. The topological polar surface area (TPSA) is 105 Å². The summed E-state index contributed by atoms with van der Waals surface area (Å²) in [6.45, 7) is 5.71. The Morgan fingerprint density at radius 2 is 1.63 bits per heavy atom. The van der Waals surface area contributed by atoms with E-state index in [4.69, 9.17) is 9.47 Å². The van der Waals surface area contributed by atoms with E-state index in [-0.39, 0.29) is 37.1 Å². The molecule has 1 saturated heterocycles. The Morgan fingerprint density at radius 3 is 2.24 bits per heavy atom. The number of hydrogen-bond acceptors (Lipinski definition) is 5. The largest absolute Gasteiger partial charge is 0.481 e. The van der Waals surface area contributed by atoms with Crippen molar-refractivity contribution in [2.24, 2.45) is 11.8 Å². The maximum absolute atomic E-state index is 13.0. The average Bonchev–Trinajstić information content (AvgIpc) is 3.19. The molecule has 2 fully saturated rings. The zero-order valence-corrected chi connectivity index (χ0v) is 22.2. The average molecular weight is 521 g/mol. The van der Waals surface area contributed by atoms with Crippen molar-refractivity contribution in [2.45, 2.75) is 70.1 Å². The molecular weight excluding hydrogens is 484 g/mol. The number of piperidine rings is 1. The Kier molecular flexibility index (Phi) is 7.07. The molecule has 8 nitrogen and oxygen atoms in total. The van der Waals surface area contributed by atoms with E-state index in [1.54, 1.807) is 25.7 Å². The molecule has 38 heavy (non-hydrogen) atoms.